The Labute approximate surface area is 183 Å². The van der Waals surface area contributed by atoms with E-state index in [-0.39, 0.29) is 12.1 Å². The maximum Gasteiger partial charge on any atom is 0.261 e. The van der Waals surface area contributed by atoms with Crippen LogP contribution in [0.2, 0.25) is 5.02 Å². The maximum atomic E-state index is 12.7. The Hall–Kier alpha value is -3.60. The number of aliphatic hydroxyl groups excluding tert-OH is 1. The number of rotatable bonds is 6. The number of anilines is 1. The molecule has 4 aromatic rings. The summed E-state index contributed by atoms with van der Waals surface area (Å²) in [6, 6.07) is 12.3. The van der Waals surface area contributed by atoms with E-state index in [9.17, 15) is 9.90 Å². The van der Waals surface area contributed by atoms with E-state index in [4.69, 9.17) is 18.2 Å². The molecule has 2 aromatic carbocycles. The van der Waals surface area contributed by atoms with Gasteiger partial charge in [0.15, 0.2) is 5.69 Å². The number of H-pyrrole nitrogens is 2. The molecule has 156 valence electrons. The summed E-state index contributed by atoms with van der Waals surface area (Å²) in [5.41, 5.74) is 4.12. The Balaban J connectivity index is 1.70. The van der Waals surface area contributed by atoms with Gasteiger partial charge in [-0.05, 0) is 41.8 Å². The minimum absolute atomic E-state index is 0.180. The quantitative estimate of drug-likeness (QED) is 0.327. The fraction of sp³-hybridized carbons (Fsp3) is 0.174. The highest BCUT2D eigenvalue weighted by Crippen LogP contribution is 2.29. The number of hydrogen-bond donors (Lipinski definition) is 4. The van der Waals surface area contributed by atoms with Crippen LogP contribution in [0.1, 0.15) is 24.2 Å². The zero-order chi connectivity index (χ0) is 22.0. The maximum absolute atomic E-state index is 12.7. The minimum atomic E-state index is -0.811. The lowest BCUT2D eigenvalue weighted by molar-refractivity contribution is 0.191. The summed E-state index contributed by atoms with van der Waals surface area (Å²) in [6.45, 7) is 9.48. The minimum Gasteiger partial charge on any atom is -0.387 e. The van der Waals surface area contributed by atoms with Crippen molar-refractivity contribution in [1.29, 1.82) is 0 Å². The van der Waals surface area contributed by atoms with Crippen LogP contribution in [0.4, 0.5) is 11.4 Å². The fourth-order valence-electron chi connectivity index (χ4n) is 3.52. The van der Waals surface area contributed by atoms with Crippen molar-refractivity contribution in [3.8, 4) is 11.4 Å². The van der Waals surface area contributed by atoms with Crippen molar-refractivity contribution < 1.29 is 5.11 Å². The first-order valence-corrected chi connectivity index (χ1v) is 10.2. The van der Waals surface area contributed by atoms with E-state index in [0.717, 1.165) is 11.1 Å². The summed E-state index contributed by atoms with van der Waals surface area (Å²) in [7, 11) is 0. The van der Waals surface area contributed by atoms with Crippen molar-refractivity contribution in [3.63, 3.8) is 0 Å². The number of halogens is 1. The lowest BCUT2D eigenvalue weighted by Gasteiger charge is -2.15. The number of pyridine rings is 1. The lowest BCUT2D eigenvalue weighted by atomic mass is 10.1. The van der Waals surface area contributed by atoms with Gasteiger partial charge < -0.3 is 20.4 Å². The van der Waals surface area contributed by atoms with Gasteiger partial charge in [-0.25, -0.2) is 9.83 Å². The van der Waals surface area contributed by atoms with E-state index in [1.807, 2.05) is 13.0 Å². The molecule has 0 radical (unpaired) electrons. The van der Waals surface area contributed by atoms with E-state index in [1.165, 1.54) is 6.20 Å². The normalized spacial score (nSPS) is 11.9. The van der Waals surface area contributed by atoms with Gasteiger partial charge in [-0.15, -0.1) is 0 Å². The van der Waals surface area contributed by atoms with Crippen LogP contribution in [0, 0.1) is 6.57 Å². The molecule has 0 fully saturated rings. The summed E-state index contributed by atoms with van der Waals surface area (Å²) < 4.78 is 0. The molecule has 1 atom stereocenters. The van der Waals surface area contributed by atoms with Gasteiger partial charge in [0, 0.05) is 17.8 Å². The summed E-state index contributed by atoms with van der Waals surface area (Å²) in [6.07, 6.45) is 1.44. The first-order chi connectivity index (χ1) is 15.0. The van der Waals surface area contributed by atoms with Crippen LogP contribution in [0.25, 0.3) is 27.3 Å². The largest absolute Gasteiger partial charge is 0.387 e. The molecule has 0 amide bonds. The molecular formula is C23H20ClN5O2. The average Bonchev–Trinajstić information content (AvgIpc) is 3.20. The van der Waals surface area contributed by atoms with Crippen molar-refractivity contribution in [3.05, 3.63) is 86.6 Å². The van der Waals surface area contributed by atoms with Gasteiger partial charge >= 0.3 is 0 Å². The first kappa shape index (κ1) is 20.7. The molecule has 0 bridgehead atoms. The van der Waals surface area contributed by atoms with Crippen LogP contribution in [0.15, 0.2) is 53.5 Å². The molecule has 4 rings (SSSR count). The van der Waals surface area contributed by atoms with Crippen LogP contribution in [-0.2, 0) is 6.42 Å². The second-order valence-electron chi connectivity index (χ2n) is 7.10. The van der Waals surface area contributed by atoms with E-state index in [2.05, 4.69) is 25.1 Å². The lowest BCUT2D eigenvalue weighted by Crippen LogP contribution is -2.17. The second kappa shape index (κ2) is 8.64. The van der Waals surface area contributed by atoms with E-state index < -0.39 is 6.10 Å². The highest BCUT2D eigenvalue weighted by molar-refractivity contribution is 6.30. The SMILES string of the molecule is [C-]#[N+]c1cc(CC)c2nc(-c3c(NCC(O)c4cccc(Cl)c4)cc[nH]c3=O)[nH]c2c1. The molecule has 0 spiro atoms. The number of aliphatic hydroxyl groups is 1. The third-order valence-corrected chi connectivity index (χ3v) is 5.31. The van der Waals surface area contributed by atoms with Gasteiger partial charge in [0.05, 0.1) is 29.4 Å². The number of imidazole rings is 1. The van der Waals surface area contributed by atoms with Crippen LogP contribution in [0.5, 0.6) is 0 Å². The molecule has 8 heteroatoms. The Morgan fingerprint density at radius 3 is 2.87 bits per heavy atom. The Morgan fingerprint density at radius 2 is 2.13 bits per heavy atom. The predicted molar refractivity (Wildman–Crippen MR) is 123 cm³/mol. The van der Waals surface area contributed by atoms with E-state index >= 15 is 0 Å². The first-order valence-electron chi connectivity index (χ1n) is 9.79. The molecule has 2 heterocycles. The Kier molecular flexibility index (Phi) is 5.76. The van der Waals surface area contributed by atoms with Crippen molar-refractivity contribution in [2.45, 2.75) is 19.4 Å². The smallest absolute Gasteiger partial charge is 0.261 e. The monoisotopic (exact) mass is 433 g/mol. The third-order valence-electron chi connectivity index (χ3n) is 5.08. The number of aromatic amines is 2. The number of fused-ring (bicyclic) bond motifs is 1. The van der Waals surface area contributed by atoms with Gasteiger partial charge in [0.2, 0.25) is 0 Å². The number of nitrogens with one attached hydrogen (secondary N) is 3. The zero-order valence-corrected chi connectivity index (χ0v) is 17.5. The predicted octanol–water partition coefficient (Wildman–Crippen LogP) is 4.83. The highest BCUT2D eigenvalue weighted by Gasteiger charge is 2.17. The molecule has 0 aliphatic rings. The summed E-state index contributed by atoms with van der Waals surface area (Å²) in [5.74, 6) is 0.397. The van der Waals surface area contributed by atoms with Crippen molar-refractivity contribution in [2.75, 3.05) is 11.9 Å². The molecule has 31 heavy (non-hydrogen) atoms. The number of nitrogens with zero attached hydrogens (tertiary/aromatic N) is 2. The molecular weight excluding hydrogens is 414 g/mol. The van der Waals surface area contributed by atoms with Crippen LogP contribution < -0.4 is 10.9 Å². The zero-order valence-electron chi connectivity index (χ0n) is 16.7. The third kappa shape index (κ3) is 4.17. The number of benzene rings is 2. The van der Waals surface area contributed by atoms with Crippen molar-refractivity contribution >= 4 is 34.0 Å². The number of aromatic nitrogens is 3. The summed E-state index contributed by atoms with van der Waals surface area (Å²) >= 11 is 6.01. The topological polar surface area (TPSA) is 98.2 Å². The molecule has 0 saturated heterocycles. The van der Waals surface area contributed by atoms with Gasteiger partial charge in [-0.2, -0.15) is 0 Å². The molecule has 4 N–H and O–H groups in total. The molecule has 1 unspecified atom stereocenters. The standard InChI is InChI=1S/C23H20ClN5O2/c1-3-13-10-16(25-2)11-18-21(13)29-22(28-18)20-17(7-8-26-23(20)31)27-12-19(30)14-5-4-6-15(24)9-14/h4-11,19,30H,3,12H2,1H3,(H,28,29)(H2,26,27,31). The number of aryl methyl sites for hydroxylation is 1. The van der Waals surface area contributed by atoms with E-state index in [0.29, 0.717) is 45.3 Å². The van der Waals surface area contributed by atoms with Gasteiger partial charge in [0.1, 0.15) is 11.4 Å². The molecule has 0 aliphatic carbocycles. The molecule has 2 aromatic heterocycles. The van der Waals surface area contributed by atoms with E-state index in [1.54, 1.807) is 36.4 Å². The van der Waals surface area contributed by atoms with Crippen molar-refractivity contribution in [2.24, 2.45) is 0 Å². The van der Waals surface area contributed by atoms with Gasteiger partial charge in [-0.1, -0.05) is 36.7 Å². The van der Waals surface area contributed by atoms with Crippen molar-refractivity contribution in [1.82, 2.24) is 15.0 Å². The fourth-order valence-corrected chi connectivity index (χ4v) is 3.72. The number of hydrogen-bond acceptors (Lipinski definition) is 4. The Bertz CT molecular complexity index is 1350. The second-order valence-corrected chi connectivity index (χ2v) is 7.54. The van der Waals surface area contributed by atoms with Gasteiger partial charge in [0.25, 0.3) is 5.56 Å². The van der Waals surface area contributed by atoms with Crippen LogP contribution in [-0.4, -0.2) is 26.6 Å². The molecule has 0 aliphatic heterocycles. The van der Waals surface area contributed by atoms with Crippen LogP contribution >= 0.6 is 11.6 Å². The molecule has 0 saturated carbocycles. The Morgan fingerprint density at radius 1 is 1.29 bits per heavy atom. The summed E-state index contributed by atoms with van der Waals surface area (Å²) in [5, 5.41) is 14.2. The summed E-state index contributed by atoms with van der Waals surface area (Å²) in [4.78, 5) is 26.7. The molecule has 7 nitrogen and oxygen atoms in total. The van der Waals surface area contributed by atoms with Crippen LogP contribution in [0.3, 0.4) is 0 Å². The van der Waals surface area contributed by atoms with Gasteiger partial charge in [-0.3, -0.25) is 4.79 Å². The highest BCUT2D eigenvalue weighted by atomic mass is 35.5. The average molecular weight is 434 g/mol.